The van der Waals surface area contributed by atoms with Crippen LogP contribution in [0, 0.1) is 5.41 Å². The first-order chi connectivity index (χ1) is 8.78. The van der Waals surface area contributed by atoms with Crippen molar-refractivity contribution in [2.24, 2.45) is 5.41 Å². The van der Waals surface area contributed by atoms with Crippen LogP contribution in [-0.2, 0) is 11.2 Å². The zero-order valence-electron chi connectivity index (χ0n) is 12.1. The molecular weight excluding hydrogens is 262 g/mol. The summed E-state index contributed by atoms with van der Waals surface area (Å²) in [6.07, 6.45) is 0.629. The smallest absolute Gasteiger partial charge is 0.303 e. The van der Waals surface area contributed by atoms with Gasteiger partial charge in [-0.1, -0.05) is 13.8 Å². The van der Waals surface area contributed by atoms with Gasteiger partial charge in [0.25, 0.3) is 0 Å². The van der Waals surface area contributed by atoms with E-state index in [1.54, 1.807) is 0 Å². The standard InChI is InChI=1S/C13H23N3O2S/c1-13(2,9-16(3)4)8-14-12-15-10(7-19-12)5-6-11(17)18/h7H,5-6,8-9H2,1-4H3,(H,14,15)(H,17,18). The van der Waals surface area contributed by atoms with Gasteiger partial charge in [-0.3, -0.25) is 4.79 Å². The van der Waals surface area contributed by atoms with Crippen molar-refractivity contribution in [3.8, 4) is 0 Å². The van der Waals surface area contributed by atoms with Gasteiger partial charge in [0, 0.05) is 24.9 Å². The summed E-state index contributed by atoms with van der Waals surface area (Å²) in [6, 6.07) is 0. The maximum atomic E-state index is 10.5. The van der Waals surface area contributed by atoms with E-state index in [1.165, 1.54) is 11.3 Å². The molecule has 1 aromatic heterocycles. The third-order valence-corrected chi connectivity index (χ3v) is 3.46. The SMILES string of the molecule is CN(C)CC(C)(C)CNc1nc(CCC(=O)O)cs1. The predicted octanol–water partition coefficient (Wildman–Crippen LogP) is 2.16. The summed E-state index contributed by atoms with van der Waals surface area (Å²) >= 11 is 1.53. The zero-order valence-corrected chi connectivity index (χ0v) is 12.9. The lowest BCUT2D eigenvalue weighted by molar-refractivity contribution is -0.136. The molecule has 2 N–H and O–H groups in total. The van der Waals surface area contributed by atoms with Crippen molar-refractivity contribution in [2.45, 2.75) is 26.7 Å². The van der Waals surface area contributed by atoms with E-state index in [1.807, 2.05) is 5.38 Å². The Balaban J connectivity index is 2.43. The van der Waals surface area contributed by atoms with Crippen LogP contribution in [0.3, 0.4) is 0 Å². The normalized spacial score (nSPS) is 11.8. The molecule has 0 radical (unpaired) electrons. The number of rotatable bonds is 8. The molecule has 1 rings (SSSR count). The molecule has 1 aromatic rings. The quantitative estimate of drug-likeness (QED) is 0.766. The van der Waals surface area contributed by atoms with Crippen LogP contribution in [0.25, 0.3) is 0 Å². The number of nitrogens with zero attached hydrogens (tertiary/aromatic N) is 2. The largest absolute Gasteiger partial charge is 0.481 e. The van der Waals surface area contributed by atoms with Gasteiger partial charge in [0.15, 0.2) is 5.13 Å². The van der Waals surface area contributed by atoms with Crippen molar-refractivity contribution < 1.29 is 9.90 Å². The number of nitrogens with one attached hydrogen (secondary N) is 1. The first-order valence-electron chi connectivity index (χ1n) is 6.33. The van der Waals surface area contributed by atoms with Gasteiger partial charge in [-0.25, -0.2) is 4.98 Å². The minimum atomic E-state index is -0.783. The van der Waals surface area contributed by atoms with Gasteiger partial charge < -0.3 is 15.3 Å². The highest BCUT2D eigenvalue weighted by Gasteiger charge is 2.19. The molecule has 0 spiro atoms. The van der Waals surface area contributed by atoms with Gasteiger partial charge in [-0.2, -0.15) is 0 Å². The molecule has 0 bridgehead atoms. The highest BCUT2D eigenvalue weighted by atomic mass is 32.1. The van der Waals surface area contributed by atoms with Gasteiger partial charge in [0.1, 0.15) is 0 Å². The predicted molar refractivity (Wildman–Crippen MR) is 78.9 cm³/mol. The van der Waals surface area contributed by atoms with E-state index in [9.17, 15) is 4.79 Å². The Morgan fingerprint density at radius 1 is 1.53 bits per heavy atom. The first-order valence-corrected chi connectivity index (χ1v) is 7.21. The Labute approximate surface area is 118 Å². The van der Waals surface area contributed by atoms with E-state index >= 15 is 0 Å². The number of carbonyl (C=O) groups is 1. The summed E-state index contributed by atoms with van der Waals surface area (Å²) in [5.41, 5.74) is 1.01. The highest BCUT2D eigenvalue weighted by molar-refractivity contribution is 7.13. The third kappa shape index (κ3) is 6.54. The number of carboxylic acid groups (broad SMARTS) is 1. The molecule has 0 aliphatic carbocycles. The summed E-state index contributed by atoms with van der Waals surface area (Å²) < 4.78 is 0. The van der Waals surface area contributed by atoms with Crippen molar-refractivity contribution in [2.75, 3.05) is 32.5 Å². The van der Waals surface area contributed by atoms with Crippen molar-refractivity contribution in [3.63, 3.8) is 0 Å². The molecule has 0 aliphatic heterocycles. The Hall–Kier alpha value is -1.14. The number of anilines is 1. The topological polar surface area (TPSA) is 65.5 Å². The molecule has 0 aromatic carbocycles. The second kappa shape index (κ2) is 6.86. The van der Waals surface area contributed by atoms with Crippen molar-refractivity contribution in [1.29, 1.82) is 0 Å². The molecule has 0 amide bonds. The molecule has 19 heavy (non-hydrogen) atoms. The molecule has 108 valence electrons. The number of aliphatic carboxylic acids is 1. The number of aryl methyl sites for hydroxylation is 1. The lowest BCUT2D eigenvalue weighted by Crippen LogP contribution is -2.34. The number of carboxylic acids is 1. The third-order valence-electron chi connectivity index (χ3n) is 2.61. The molecule has 5 nitrogen and oxygen atoms in total. The van der Waals surface area contributed by atoms with Crippen molar-refractivity contribution in [1.82, 2.24) is 9.88 Å². The minimum Gasteiger partial charge on any atom is -0.481 e. The molecule has 0 saturated heterocycles. The van der Waals surface area contributed by atoms with Crippen LogP contribution in [-0.4, -0.2) is 48.1 Å². The number of hydrogen-bond donors (Lipinski definition) is 2. The van der Waals surface area contributed by atoms with Gasteiger partial charge >= 0.3 is 5.97 Å². The van der Waals surface area contributed by atoms with Crippen molar-refractivity contribution >= 4 is 22.4 Å². The molecule has 0 atom stereocenters. The van der Waals surface area contributed by atoms with Gasteiger partial charge in [-0.05, 0) is 19.5 Å². The number of thiazole rings is 1. The molecule has 0 fully saturated rings. The van der Waals surface area contributed by atoms with Gasteiger partial charge in [0.2, 0.25) is 0 Å². The van der Waals surface area contributed by atoms with Crippen LogP contribution < -0.4 is 5.32 Å². The number of hydrogen-bond acceptors (Lipinski definition) is 5. The summed E-state index contributed by atoms with van der Waals surface area (Å²) in [5.74, 6) is -0.783. The maximum absolute atomic E-state index is 10.5. The van der Waals surface area contributed by atoms with E-state index < -0.39 is 5.97 Å². The lowest BCUT2D eigenvalue weighted by atomic mass is 9.93. The average Bonchev–Trinajstić information content (AvgIpc) is 2.70. The minimum absolute atomic E-state index is 0.134. The fraction of sp³-hybridized carbons (Fsp3) is 0.692. The molecule has 0 saturated carbocycles. The Kier molecular flexibility index (Phi) is 5.75. The lowest BCUT2D eigenvalue weighted by Gasteiger charge is -2.28. The molecule has 0 unspecified atom stereocenters. The number of aromatic nitrogens is 1. The summed E-state index contributed by atoms with van der Waals surface area (Å²) in [5, 5.41) is 14.8. The fourth-order valence-corrected chi connectivity index (χ4v) is 2.71. The zero-order chi connectivity index (χ0) is 14.5. The average molecular weight is 285 g/mol. The summed E-state index contributed by atoms with van der Waals surface area (Å²) in [7, 11) is 4.13. The fourth-order valence-electron chi connectivity index (χ4n) is 1.96. The van der Waals surface area contributed by atoms with Crippen LogP contribution >= 0.6 is 11.3 Å². The van der Waals surface area contributed by atoms with E-state index in [2.05, 4.69) is 43.1 Å². The summed E-state index contributed by atoms with van der Waals surface area (Å²) in [6.45, 7) is 6.26. The Morgan fingerprint density at radius 2 is 2.21 bits per heavy atom. The molecule has 6 heteroatoms. The van der Waals surface area contributed by atoms with Crippen LogP contribution in [0.2, 0.25) is 0 Å². The van der Waals surface area contributed by atoms with Crippen LogP contribution in [0.5, 0.6) is 0 Å². The Bertz CT molecular complexity index is 416. The molecule has 1 heterocycles. The van der Waals surface area contributed by atoms with Gasteiger partial charge in [-0.15, -0.1) is 11.3 Å². The second-order valence-corrected chi connectivity index (χ2v) is 6.65. The first kappa shape index (κ1) is 15.9. The van der Waals surface area contributed by atoms with E-state index in [0.29, 0.717) is 6.42 Å². The monoisotopic (exact) mass is 285 g/mol. The summed E-state index contributed by atoms with van der Waals surface area (Å²) in [4.78, 5) is 17.1. The van der Waals surface area contributed by atoms with Crippen LogP contribution in [0.1, 0.15) is 26.0 Å². The van der Waals surface area contributed by atoms with E-state index in [-0.39, 0.29) is 11.8 Å². The van der Waals surface area contributed by atoms with E-state index in [4.69, 9.17) is 5.11 Å². The van der Waals surface area contributed by atoms with Gasteiger partial charge in [0.05, 0.1) is 12.1 Å². The highest BCUT2D eigenvalue weighted by Crippen LogP contribution is 2.21. The van der Waals surface area contributed by atoms with E-state index in [0.717, 1.165) is 23.9 Å². The van der Waals surface area contributed by atoms with Crippen molar-refractivity contribution in [3.05, 3.63) is 11.1 Å². The molecular formula is C13H23N3O2S. The Morgan fingerprint density at radius 3 is 2.79 bits per heavy atom. The maximum Gasteiger partial charge on any atom is 0.303 e. The molecule has 0 aliphatic rings. The van der Waals surface area contributed by atoms with Crippen LogP contribution in [0.4, 0.5) is 5.13 Å². The second-order valence-electron chi connectivity index (χ2n) is 5.79. The van der Waals surface area contributed by atoms with Crippen LogP contribution in [0.15, 0.2) is 5.38 Å².